The van der Waals surface area contributed by atoms with Crippen molar-refractivity contribution in [1.82, 2.24) is 15.6 Å². The Bertz CT molecular complexity index is 874. The van der Waals surface area contributed by atoms with Crippen LogP contribution in [0.4, 0.5) is 0 Å². The summed E-state index contributed by atoms with van der Waals surface area (Å²) in [6.07, 6.45) is 3.60. The lowest BCUT2D eigenvalue weighted by atomic mass is 9.86. The summed E-state index contributed by atoms with van der Waals surface area (Å²) in [5.74, 6) is -0.500. The predicted molar refractivity (Wildman–Crippen MR) is 95.2 cm³/mol. The number of rotatable bonds is 3. The quantitative estimate of drug-likeness (QED) is 0.600. The third kappa shape index (κ3) is 2.62. The molecule has 1 aromatic carbocycles. The van der Waals surface area contributed by atoms with Crippen molar-refractivity contribution in [2.45, 2.75) is 32.2 Å². The number of benzene rings is 1. The zero-order chi connectivity index (χ0) is 17.5. The fourth-order valence-corrected chi connectivity index (χ4v) is 2.81. The molecule has 2 heterocycles. The van der Waals surface area contributed by atoms with Crippen molar-refractivity contribution in [3.05, 3.63) is 53.9 Å². The van der Waals surface area contributed by atoms with Crippen molar-refractivity contribution in [1.29, 1.82) is 0 Å². The first-order valence-electron chi connectivity index (χ1n) is 7.91. The highest BCUT2D eigenvalue weighted by atomic mass is 16.2. The number of allylic oxidation sites excluding steroid dienone is 1. The van der Waals surface area contributed by atoms with Gasteiger partial charge in [-0.2, -0.15) is 0 Å². The van der Waals surface area contributed by atoms with Gasteiger partial charge in [-0.3, -0.25) is 9.59 Å². The van der Waals surface area contributed by atoms with Crippen molar-refractivity contribution in [3.8, 4) is 0 Å². The van der Waals surface area contributed by atoms with E-state index < -0.39 is 6.04 Å². The van der Waals surface area contributed by atoms with Crippen LogP contribution >= 0.6 is 0 Å². The molecule has 3 N–H and O–H groups in total. The summed E-state index contributed by atoms with van der Waals surface area (Å²) in [6, 6.07) is 7.36. The van der Waals surface area contributed by atoms with Gasteiger partial charge in [0.25, 0.3) is 5.91 Å². The lowest BCUT2D eigenvalue weighted by Gasteiger charge is -2.23. The first-order valence-corrected chi connectivity index (χ1v) is 7.91. The number of nitrogens with one attached hydrogen (secondary N) is 3. The van der Waals surface area contributed by atoms with Crippen LogP contribution in [0.25, 0.3) is 17.0 Å². The van der Waals surface area contributed by atoms with Crippen molar-refractivity contribution in [2.24, 2.45) is 0 Å². The zero-order valence-electron chi connectivity index (χ0n) is 14.1. The summed E-state index contributed by atoms with van der Waals surface area (Å²) in [5, 5.41) is 6.34. The number of aromatic nitrogens is 1. The fourth-order valence-electron chi connectivity index (χ4n) is 2.81. The molecule has 0 radical (unpaired) electrons. The molecule has 1 aliphatic heterocycles. The largest absolute Gasteiger partial charge is 0.357 e. The standard InChI is InChI=1S/C19H21N3O2/c1-5-19(3,4)16-13(12-8-6-7-9-14(12)21-16)10-15-18(24)20-11(2)17(23)22-15/h5-11,21H,1H2,2-4H3,(H,20,24)(H,22,23)/b15-10+/t11-/m0/s1. The molecule has 1 aliphatic rings. The second-order valence-corrected chi connectivity index (χ2v) is 6.63. The number of para-hydroxylation sites is 1. The second-order valence-electron chi connectivity index (χ2n) is 6.63. The van der Waals surface area contributed by atoms with E-state index in [1.165, 1.54) is 0 Å². The van der Waals surface area contributed by atoms with E-state index in [4.69, 9.17) is 0 Å². The lowest BCUT2D eigenvalue weighted by Crippen LogP contribution is -2.53. The van der Waals surface area contributed by atoms with E-state index >= 15 is 0 Å². The van der Waals surface area contributed by atoms with Gasteiger partial charge in [0.1, 0.15) is 11.7 Å². The normalized spacial score (nSPS) is 20.1. The van der Waals surface area contributed by atoms with E-state index in [1.807, 2.05) is 44.2 Å². The van der Waals surface area contributed by atoms with Gasteiger partial charge in [-0.25, -0.2) is 0 Å². The Morgan fingerprint density at radius 3 is 2.62 bits per heavy atom. The summed E-state index contributed by atoms with van der Waals surface area (Å²) in [5.41, 5.74) is 2.75. The number of fused-ring (bicyclic) bond motifs is 1. The average molecular weight is 323 g/mol. The zero-order valence-corrected chi connectivity index (χ0v) is 14.1. The van der Waals surface area contributed by atoms with Gasteiger partial charge >= 0.3 is 0 Å². The summed E-state index contributed by atoms with van der Waals surface area (Å²) in [4.78, 5) is 27.5. The Labute approximate surface area is 140 Å². The van der Waals surface area contributed by atoms with Crippen molar-refractivity contribution in [2.75, 3.05) is 0 Å². The maximum atomic E-state index is 12.2. The molecule has 5 heteroatoms. The minimum atomic E-state index is -0.526. The number of piperazine rings is 1. The second kappa shape index (κ2) is 5.67. The van der Waals surface area contributed by atoms with Gasteiger partial charge in [-0.15, -0.1) is 6.58 Å². The van der Waals surface area contributed by atoms with Crippen LogP contribution in [0.3, 0.4) is 0 Å². The van der Waals surface area contributed by atoms with Crippen LogP contribution in [0, 0.1) is 0 Å². The van der Waals surface area contributed by atoms with Crippen LogP contribution in [0.1, 0.15) is 32.0 Å². The van der Waals surface area contributed by atoms with Crippen LogP contribution < -0.4 is 10.6 Å². The molecule has 2 amide bonds. The number of aromatic amines is 1. The summed E-state index contributed by atoms with van der Waals surface area (Å²) < 4.78 is 0. The summed E-state index contributed by atoms with van der Waals surface area (Å²) in [6.45, 7) is 9.67. The predicted octanol–water partition coefficient (Wildman–Crippen LogP) is 2.61. The molecule has 1 fully saturated rings. The van der Waals surface area contributed by atoms with Crippen LogP contribution in [0.5, 0.6) is 0 Å². The van der Waals surface area contributed by atoms with Gasteiger partial charge in [-0.1, -0.05) is 38.1 Å². The first-order chi connectivity index (χ1) is 11.3. The van der Waals surface area contributed by atoms with Crippen molar-refractivity contribution in [3.63, 3.8) is 0 Å². The number of hydrogen-bond acceptors (Lipinski definition) is 2. The molecule has 3 rings (SSSR count). The Balaban J connectivity index is 2.20. The molecule has 5 nitrogen and oxygen atoms in total. The molecule has 0 aliphatic carbocycles. The minimum Gasteiger partial charge on any atom is -0.357 e. The minimum absolute atomic E-state index is 0.217. The topological polar surface area (TPSA) is 74.0 Å². The van der Waals surface area contributed by atoms with E-state index in [-0.39, 0.29) is 22.9 Å². The molecule has 1 atom stereocenters. The third-order valence-corrected chi connectivity index (χ3v) is 4.43. The van der Waals surface area contributed by atoms with E-state index in [1.54, 1.807) is 13.0 Å². The van der Waals surface area contributed by atoms with Crippen LogP contribution in [0.2, 0.25) is 0 Å². The van der Waals surface area contributed by atoms with E-state index in [0.29, 0.717) is 0 Å². The summed E-state index contributed by atoms with van der Waals surface area (Å²) >= 11 is 0. The fraction of sp³-hybridized carbons (Fsp3) is 0.263. The Morgan fingerprint density at radius 2 is 1.92 bits per heavy atom. The highest BCUT2D eigenvalue weighted by Crippen LogP contribution is 2.33. The van der Waals surface area contributed by atoms with Crippen molar-refractivity contribution >= 4 is 28.8 Å². The third-order valence-electron chi connectivity index (χ3n) is 4.43. The van der Waals surface area contributed by atoms with Gasteiger partial charge in [0, 0.05) is 27.6 Å². The van der Waals surface area contributed by atoms with Gasteiger partial charge < -0.3 is 15.6 Å². The SMILES string of the molecule is C=CC(C)(C)c1[nH]c2ccccc2c1/C=C1/NC(=O)[C@H](C)NC1=O. The van der Waals surface area contributed by atoms with E-state index in [0.717, 1.165) is 22.2 Å². The maximum absolute atomic E-state index is 12.2. The number of hydrogen-bond donors (Lipinski definition) is 3. The van der Waals surface area contributed by atoms with Gasteiger partial charge in [0.15, 0.2) is 0 Å². The first kappa shape index (κ1) is 16.1. The molecule has 0 spiro atoms. The highest BCUT2D eigenvalue weighted by Gasteiger charge is 2.28. The monoisotopic (exact) mass is 323 g/mol. The van der Waals surface area contributed by atoms with Crippen LogP contribution in [-0.4, -0.2) is 22.8 Å². The summed E-state index contributed by atoms with van der Waals surface area (Å²) in [7, 11) is 0. The highest BCUT2D eigenvalue weighted by molar-refractivity contribution is 6.08. The molecule has 2 aromatic rings. The maximum Gasteiger partial charge on any atom is 0.268 e. The smallest absolute Gasteiger partial charge is 0.268 e. The molecule has 1 aromatic heterocycles. The Morgan fingerprint density at radius 1 is 1.21 bits per heavy atom. The van der Waals surface area contributed by atoms with E-state index in [9.17, 15) is 9.59 Å². The van der Waals surface area contributed by atoms with Gasteiger partial charge in [0.05, 0.1) is 0 Å². The molecule has 0 unspecified atom stereocenters. The Kier molecular flexibility index (Phi) is 3.79. The van der Waals surface area contributed by atoms with Crippen LogP contribution in [0.15, 0.2) is 42.6 Å². The Hall–Kier alpha value is -2.82. The lowest BCUT2D eigenvalue weighted by molar-refractivity contribution is -0.130. The van der Waals surface area contributed by atoms with E-state index in [2.05, 4.69) is 22.2 Å². The molecular weight excluding hydrogens is 302 g/mol. The molecule has 1 saturated heterocycles. The van der Waals surface area contributed by atoms with Crippen LogP contribution in [-0.2, 0) is 15.0 Å². The molecule has 24 heavy (non-hydrogen) atoms. The molecule has 0 saturated carbocycles. The molecule has 0 bridgehead atoms. The average Bonchev–Trinajstić information content (AvgIpc) is 2.92. The molecule has 124 valence electrons. The van der Waals surface area contributed by atoms with Gasteiger partial charge in [-0.05, 0) is 19.1 Å². The van der Waals surface area contributed by atoms with Gasteiger partial charge in [0.2, 0.25) is 5.91 Å². The number of carbonyl (C=O) groups is 2. The number of amides is 2. The number of carbonyl (C=O) groups excluding carboxylic acids is 2. The number of H-pyrrole nitrogens is 1. The van der Waals surface area contributed by atoms with Crippen molar-refractivity contribution < 1.29 is 9.59 Å². The molecular formula is C19H21N3O2.